The maximum absolute atomic E-state index is 6.15. The van der Waals surface area contributed by atoms with E-state index >= 15 is 0 Å². The Bertz CT molecular complexity index is 357. The summed E-state index contributed by atoms with van der Waals surface area (Å²) in [6, 6.07) is 0.927. The molecule has 0 aromatic heterocycles. The van der Waals surface area contributed by atoms with Crippen molar-refractivity contribution in [2.24, 2.45) is 16.1 Å². The number of hydrogen-bond acceptors (Lipinski definition) is 2. The molecule has 4 nitrogen and oxygen atoms in total. The third-order valence-corrected chi connectivity index (χ3v) is 5.81. The first-order chi connectivity index (χ1) is 9.74. The highest BCUT2D eigenvalue weighted by atomic mass is 16.5. The van der Waals surface area contributed by atoms with Crippen LogP contribution in [-0.4, -0.2) is 31.3 Å². The van der Waals surface area contributed by atoms with Crippen molar-refractivity contribution in [1.29, 1.82) is 0 Å². The van der Waals surface area contributed by atoms with E-state index in [0.717, 1.165) is 6.42 Å². The molecule has 0 bridgehead atoms. The molecule has 0 aromatic rings. The molecular formula is C16H29N3O. The van der Waals surface area contributed by atoms with Crippen molar-refractivity contribution in [2.75, 3.05) is 7.11 Å². The predicted octanol–water partition coefficient (Wildman–Crippen LogP) is 2.57. The fourth-order valence-electron chi connectivity index (χ4n) is 4.32. The van der Waals surface area contributed by atoms with Crippen LogP contribution < -0.4 is 11.1 Å². The number of methoxy groups -OCH3 is 1. The Morgan fingerprint density at radius 2 is 1.85 bits per heavy atom. The average Bonchev–Trinajstić information content (AvgIpc) is 2.60. The van der Waals surface area contributed by atoms with Gasteiger partial charge < -0.3 is 15.8 Å². The maximum atomic E-state index is 6.15. The summed E-state index contributed by atoms with van der Waals surface area (Å²) in [5, 5.41) is 3.46. The van der Waals surface area contributed by atoms with Crippen LogP contribution in [0.3, 0.4) is 0 Å². The summed E-state index contributed by atoms with van der Waals surface area (Å²) in [4.78, 5) is 4.78. The molecule has 0 saturated heterocycles. The maximum Gasteiger partial charge on any atom is 0.189 e. The van der Waals surface area contributed by atoms with Gasteiger partial charge in [-0.15, -0.1) is 0 Å². The topological polar surface area (TPSA) is 59.6 Å². The number of guanidine groups is 1. The molecule has 2 unspecified atom stereocenters. The molecule has 3 aliphatic rings. The van der Waals surface area contributed by atoms with Crippen LogP contribution in [0.15, 0.2) is 4.99 Å². The summed E-state index contributed by atoms with van der Waals surface area (Å²) < 4.78 is 5.59. The Balaban J connectivity index is 1.55. The van der Waals surface area contributed by atoms with E-state index in [0.29, 0.717) is 29.6 Å². The summed E-state index contributed by atoms with van der Waals surface area (Å²) in [5.41, 5.74) is 6.47. The van der Waals surface area contributed by atoms with Crippen LogP contribution in [0.5, 0.6) is 0 Å². The summed E-state index contributed by atoms with van der Waals surface area (Å²) in [7, 11) is 1.83. The van der Waals surface area contributed by atoms with Gasteiger partial charge in [0.25, 0.3) is 0 Å². The van der Waals surface area contributed by atoms with E-state index in [1.54, 1.807) is 0 Å². The second kappa shape index (κ2) is 5.92. The Morgan fingerprint density at radius 3 is 2.40 bits per heavy atom. The van der Waals surface area contributed by atoms with E-state index in [4.69, 9.17) is 15.5 Å². The summed E-state index contributed by atoms with van der Waals surface area (Å²) in [6.45, 7) is 0. The minimum absolute atomic E-state index is 0.324. The Morgan fingerprint density at radius 1 is 1.15 bits per heavy atom. The van der Waals surface area contributed by atoms with E-state index in [1.807, 2.05) is 7.11 Å². The molecule has 0 radical (unpaired) electrons. The van der Waals surface area contributed by atoms with Crippen LogP contribution in [0.4, 0.5) is 0 Å². The molecule has 0 aromatic carbocycles. The molecule has 3 rings (SSSR count). The quantitative estimate of drug-likeness (QED) is 0.474. The Labute approximate surface area is 122 Å². The molecule has 2 atom stereocenters. The van der Waals surface area contributed by atoms with Crippen LogP contribution in [0, 0.1) is 5.41 Å². The highest BCUT2D eigenvalue weighted by molar-refractivity contribution is 5.78. The fourth-order valence-corrected chi connectivity index (χ4v) is 4.32. The molecule has 3 N–H and O–H groups in total. The van der Waals surface area contributed by atoms with Gasteiger partial charge in [0.2, 0.25) is 0 Å². The lowest BCUT2D eigenvalue weighted by Gasteiger charge is -2.59. The van der Waals surface area contributed by atoms with E-state index < -0.39 is 0 Å². The lowest BCUT2D eigenvalue weighted by Crippen LogP contribution is -2.61. The van der Waals surface area contributed by atoms with Crippen molar-refractivity contribution < 1.29 is 4.74 Å². The number of aliphatic imine (C=N–C) groups is 1. The van der Waals surface area contributed by atoms with Crippen LogP contribution in [0.25, 0.3) is 0 Å². The first-order valence-corrected chi connectivity index (χ1v) is 8.37. The molecule has 3 aliphatic carbocycles. The summed E-state index contributed by atoms with van der Waals surface area (Å²) >= 11 is 0. The second-order valence-corrected chi connectivity index (χ2v) is 6.91. The number of hydrogen-bond donors (Lipinski definition) is 2. The van der Waals surface area contributed by atoms with Gasteiger partial charge in [0.15, 0.2) is 5.96 Å². The zero-order valence-corrected chi connectivity index (χ0v) is 12.7. The third-order valence-electron chi connectivity index (χ3n) is 5.81. The van der Waals surface area contributed by atoms with Gasteiger partial charge in [-0.2, -0.15) is 0 Å². The molecule has 1 spiro atoms. The van der Waals surface area contributed by atoms with Crippen LogP contribution in [0.2, 0.25) is 0 Å². The summed E-state index contributed by atoms with van der Waals surface area (Å²) in [5.74, 6) is 0.669. The van der Waals surface area contributed by atoms with E-state index in [1.165, 1.54) is 57.8 Å². The first kappa shape index (κ1) is 14.2. The minimum atomic E-state index is 0.324. The first-order valence-electron chi connectivity index (χ1n) is 8.37. The van der Waals surface area contributed by atoms with Crippen molar-refractivity contribution in [3.05, 3.63) is 0 Å². The van der Waals surface area contributed by atoms with Gasteiger partial charge in [0, 0.05) is 18.6 Å². The van der Waals surface area contributed by atoms with Gasteiger partial charge >= 0.3 is 0 Å². The minimum Gasteiger partial charge on any atom is -0.381 e. The van der Waals surface area contributed by atoms with Gasteiger partial charge in [-0.3, -0.25) is 0 Å². The molecule has 0 heterocycles. The Kier molecular flexibility index (Phi) is 4.20. The number of ether oxygens (including phenoxy) is 1. The third kappa shape index (κ3) is 2.54. The van der Waals surface area contributed by atoms with Crippen molar-refractivity contribution in [1.82, 2.24) is 5.32 Å². The monoisotopic (exact) mass is 279 g/mol. The highest BCUT2D eigenvalue weighted by Gasteiger charge is 2.59. The van der Waals surface area contributed by atoms with E-state index in [-0.39, 0.29) is 0 Å². The van der Waals surface area contributed by atoms with Crippen molar-refractivity contribution in [3.63, 3.8) is 0 Å². The fraction of sp³-hybridized carbons (Fsp3) is 0.938. The SMILES string of the molecule is COC1CC(N=C(N)NC2CCCCCC2)C12CCC2. The Hall–Kier alpha value is -0.770. The molecule has 3 fully saturated rings. The second-order valence-electron chi connectivity index (χ2n) is 6.91. The van der Waals surface area contributed by atoms with Crippen molar-refractivity contribution in [2.45, 2.75) is 82.4 Å². The normalized spacial score (nSPS) is 34.1. The molecule has 0 aliphatic heterocycles. The summed E-state index contributed by atoms with van der Waals surface area (Å²) in [6.07, 6.45) is 13.2. The molecule has 0 amide bonds. The molecule has 3 saturated carbocycles. The number of nitrogens with two attached hydrogens (primary N) is 1. The van der Waals surface area contributed by atoms with Crippen LogP contribution in [-0.2, 0) is 4.74 Å². The largest absolute Gasteiger partial charge is 0.381 e. The average molecular weight is 279 g/mol. The smallest absolute Gasteiger partial charge is 0.189 e. The van der Waals surface area contributed by atoms with Crippen molar-refractivity contribution >= 4 is 5.96 Å². The zero-order valence-electron chi connectivity index (χ0n) is 12.7. The lowest BCUT2D eigenvalue weighted by molar-refractivity contribution is -0.150. The standard InChI is InChI=1S/C16H29N3O/c1-20-14-11-13(16(14)9-6-10-16)19-15(17)18-12-7-4-2-3-5-8-12/h12-14H,2-11H2,1H3,(H3,17,18,19). The van der Waals surface area contributed by atoms with Crippen LogP contribution >= 0.6 is 0 Å². The molecular weight excluding hydrogens is 250 g/mol. The van der Waals surface area contributed by atoms with Gasteiger partial charge in [0.1, 0.15) is 0 Å². The highest BCUT2D eigenvalue weighted by Crippen LogP contribution is 2.58. The molecule has 20 heavy (non-hydrogen) atoms. The van der Waals surface area contributed by atoms with Crippen molar-refractivity contribution in [3.8, 4) is 0 Å². The van der Waals surface area contributed by atoms with Gasteiger partial charge in [-0.1, -0.05) is 32.1 Å². The van der Waals surface area contributed by atoms with Gasteiger partial charge in [-0.05, 0) is 32.1 Å². The van der Waals surface area contributed by atoms with Gasteiger partial charge in [0.05, 0.1) is 12.1 Å². The van der Waals surface area contributed by atoms with Gasteiger partial charge in [-0.25, -0.2) is 4.99 Å². The molecule has 114 valence electrons. The number of nitrogens with one attached hydrogen (secondary N) is 1. The number of nitrogens with zero attached hydrogens (tertiary/aromatic N) is 1. The van der Waals surface area contributed by atoms with E-state index in [9.17, 15) is 0 Å². The zero-order chi connectivity index (χ0) is 14.0. The molecule has 4 heteroatoms. The number of rotatable bonds is 3. The van der Waals surface area contributed by atoms with Crippen LogP contribution in [0.1, 0.15) is 64.2 Å². The predicted molar refractivity (Wildman–Crippen MR) is 81.7 cm³/mol. The lowest BCUT2D eigenvalue weighted by atomic mass is 9.51. The van der Waals surface area contributed by atoms with E-state index in [2.05, 4.69) is 5.32 Å².